The number of nitrogens with zero attached hydrogens (tertiary/aromatic N) is 1. The van der Waals surface area contributed by atoms with E-state index in [1.807, 2.05) is 0 Å². The molecule has 154 valence electrons. The lowest BCUT2D eigenvalue weighted by atomic mass is 9.71. The van der Waals surface area contributed by atoms with Gasteiger partial charge in [-0.1, -0.05) is 19.3 Å². The zero-order valence-electron chi connectivity index (χ0n) is 15.0. The number of hydrogen-bond donors (Lipinski definition) is 2. The van der Waals surface area contributed by atoms with Crippen molar-refractivity contribution in [1.29, 1.82) is 0 Å². The predicted octanol–water partition coefficient (Wildman–Crippen LogP) is 2.09. The number of carbonyl (C=O) groups excluding carboxylic acids is 1. The molecule has 2 rings (SSSR count). The summed E-state index contributed by atoms with van der Waals surface area (Å²) in [6.07, 6.45) is 6.79. The second-order valence-electron chi connectivity index (χ2n) is 7.39. The van der Waals surface area contributed by atoms with Gasteiger partial charge in [-0.05, 0) is 43.6 Å². The molecule has 0 unspecified atom stereocenters. The number of carbonyl (C=O) groups is 1. The van der Waals surface area contributed by atoms with E-state index in [9.17, 15) is 22.0 Å². The van der Waals surface area contributed by atoms with Gasteiger partial charge in [0, 0.05) is 26.1 Å². The molecule has 1 saturated carbocycles. The SMILES string of the molecule is Cl.NCC1(CC(=O)NCC2CCN(S(=O)(=O)C(F)F)CC2)CCCCC1. The molecule has 1 heterocycles. The van der Waals surface area contributed by atoms with Crippen LogP contribution in [-0.2, 0) is 14.8 Å². The summed E-state index contributed by atoms with van der Waals surface area (Å²) in [4.78, 5) is 12.3. The Morgan fingerprint density at radius 2 is 1.77 bits per heavy atom. The molecule has 0 radical (unpaired) electrons. The van der Waals surface area contributed by atoms with Crippen LogP contribution in [0.3, 0.4) is 0 Å². The molecule has 2 fully saturated rings. The summed E-state index contributed by atoms with van der Waals surface area (Å²) in [7, 11) is -4.49. The van der Waals surface area contributed by atoms with Gasteiger partial charge in [0.1, 0.15) is 0 Å². The van der Waals surface area contributed by atoms with Crippen molar-refractivity contribution in [3.05, 3.63) is 0 Å². The second kappa shape index (κ2) is 10.1. The van der Waals surface area contributed by atoms with E-state index >= 15 is 0 Å². The second-order valence-corrected chi connectivity index (χ2v) is 9.30. The fourth-order valence-electron chi connectivity index (χ4n) is 3.90. The third-order valence-corrected chi connectivity index (χ3v) is 7.16. The van der Waals surface area contributed by atoms with E-state index in [-0.39, 0.29) is 42.7 Å². The number of sulfonamides is 1. The zero-order chi connectivity index (χ0) is 18.5. The van der Waals surface area contributed by atoms with Crippen molar-refractivity contribution >= 4 is 28.3 Å². The van der Waals surface area contributed by atoms with E-state index in [2.05, 4.69) is 5.32 Å². The first-order chi connectivity index (χ1) is 11.8. The van der Waals surface area contributed by atoms with Gasteiger partial charge in [0.2, 0.25) is 5.91 Å². The third-order valence-electron chi connectivity index (χ3n) is 5.63. The quantitative estimate of drug-likeness (QED) is 0.663. The molecule has 0 spiro atoms. The molecular formula is C16H30ClF2N3O3S. The standard InChI is InChI=1S/C16H29F2N3O3S.ClH/c17-15(18)25(23,24)21-8-4-13(5-9-21)11-20-14(22)10-16(12-19)6-2-1-3-7-16;/h13,15H,1-12,19H2,(H,20,22);1H. The smallest absolute Gasteiger partial charge is 0.350 e. The van der Waals surface area contributed by atoms with Crippen LogP contribution in [0.4, 0.5) is 8.78 Å². The lowest BCUT2D eigenvalue weighted by Gasteiger charge is -2.36. The minimum atomic E-state index is -4.49. The van der Waals surface area contributed by atoms with E-state index in [0.29, 0.717) is 32.4 Å². The van der Waals surface area contributed by atoms with Crippen LogP contribution in [0.2, 0.25) is 0 Å². The minimum absolute atomic E-state index is 0. The molecule has 0 aromatic rings. The van der Waals surface area contributed by atoms with Crippen molar-refractivity contribution in [1.82, 2.24) is 9.62 Å². The molecule has 3 N–H and O–H groups in total. The van der Waals surface area contributed by atoms with Crippen LogP contribution in [0.1, 0.15) is 51.4 Å². The van der Waals surface area contributed by atoms with Gasteiger partial charge in [0.15, 0.2) is 0 Å². The number of hydrogen-bond acceptors (Lipinski definition) is 4. The normalized spacial score (nSPS) is 22.0. The first-order valence-electron chi connectivity index (χ1n) is 9.03. The van der Waals surface area contributed by atoms with Crippen molar-refractivity contribution in [2.45, 2.75) is 57.1 Å². The summed E-state index contributed by atoms with van der Waals surface area (Å²) in [6, 6.07) is 0. The van der Waals surface area contributed by atoms with Crippen LogP contribution in [-0.4, -0.2) is 50.6 Å². The fourth-order valence-corrected chi connectivity index (χ4v) is 4.84. The highest BCUT2D eigenvalue weighted by atomic mass is 35.5. The van der Waals surface area contributed by atoms with E-state index in [0.717, 1.165) is 30.0 Å². The first-order valence-corrected chi connectivity index (χ1v) is 10.5. The molecule has 1 amide bonds. The van der Waals surface area contributed by atoms with Crippen LogP contribution in [0, 0.1) is 11.3 Å². The number of piperidine rings is 1. The van der Waals surface area contributed by atoms with Crippen LogP contribution in [0.25, 0.3) is 0 Å². The molecule has 26 heavy (non-hydrogen) atoms. The van der Waals surface area contributed by atoms with Gasteiger partial charge in [-0.25, -0.2) is 8.42 Å². The number of nitrogens with two attached hydrogens (primary N) is 1. The molecule has 0 atom stereocenters. The number of nitrogens with one attached hydrogen (secondary N) is 1. The molecule has 0 aromatic heterocycles. The largest absolute Gasteiger partial charge is 0.356 e. The third kappa shape index (κ3) is 6.00. The van der Waals surface area contributed by atoms with Gasteiger partial charge >= 0.3 is 5.76 Å². The van der Waals surface area contributed by atoms with Gasteiger partial charge < -0.3 is 11.1 Å². The molecule has 1 aliphatic carbocycles. The van der Waals surface area contributed by atoms with Crippen molar-refractivity contribution in [3.63, 3.8) is 0 Å². The van der Waals surface area contributed by atoms with Gasteiger partial charge in [-0.15, -0.1) is 12.4 Å². The zero-order valence-corrected chi connectivity index (χ0v) is 16.6. The summed E-state index contributed by atoms with van der Waals surface area (Å²) in [5.41, 5.74) is 5.82. The van der Waals surface area contributed by atoms with Crippen molar-refractivity contribution in [3.8, 4) is 0 Å². The number of halogens is 3. The van der Waals surface area contributed by atoms with Crippen molar-refractivity contribution < 1.29 is 22.0 Å². The average molecular weight is 418 g/mol. The Bertz CT molecular complexity index is 549. The predicted molar refractivity (Wildman–Crippen MR) is 98.7 cm³/mol. The Balaban J connectivity index is 0.00000338. The van der Waals surface area contributed by atoms with Crippen molar-refractivity contribution in [2.24, 2.45) is 17.1 Å². The van der Waals surface area contributed by atoms with Crippen LogP contribution < -0.4 is 11.1 Å². The lowest BCUT2D eigenvalue weighted by molar-refractivity contribution is -0.124. The maximum absolute atomic E-state index is 12.5. The highest BCUT2D eigenvalue weighted by molar-refractivity contribution is 7.89. The van der Waals surface area contributed by atoms with Crippen molar-refractivity contribution in [2.75, 3.05) is 26.2 Å². The Kier molecular flexibility index (Phi) is 9.18. The Morgan fingerprint density at radius 1 is 1.19 bits per heavy atom. The molecule has 1 aliphatic heterocycles. The topological polar surface area (TPSA) is 92.5 Å². The van der Waals surface area contributed by atoms with Gasteiger partial charge in [0.25, 0.3) is 10.0 Å². The van der Waals surface area contributed by atoms with E-state index in [1.165, 1.54) is 6.42 Å². The van der Waals surface area contributed by atoms with Gasteiger partial charge in [0.05, 0.1) is 0 Å². The van der Waals surface area contributed by atoms with Crippen LogP contribution >= 0.6 is 12.4 Å². The number of alkyl halides is 2. The minimum Gasteiger partial charge on any atom is -0.356 e. The first kappa shape index (κ1) is 23.5. The van der Waals surface area contributed by atoms with Crippen LogP contribution in [0.5, 0.6) is 0 Å². The Morgan fingerprint density at radius 3 is 2.27 bits per heavy atom. The summed E-state index contributed by atoms with van der Waals surface area (Å²) in [5, 5.41) is 2.92. The van der Waals surface area contributed by atoms with E-state index < -0.39 is 15.8 Å². The molecule has 1 saturated heterocycles. The maximum atomic E-state index is 12.5. The molecule has 0 bridgehead atoms. The Hall–Kier alpha value is -0.510. The maximum Gasteiger partial charge on any atom is 0.350 e. The van der Waals surface area contributed by atoms with Gasteiger partial charge in [-0.3, -0.25) is 4.79 Å². The van der Waals surface area contributed by atoms with Crippen LogP contribution in [0.15, 0.2) is 0 Å². The average Bonchev–Trinajstić information content (AvgIpc) is 2.61. The summed E-state index contributed by atoms with van der Waals surface area (Å²) in [5.74, 6) is -3.27. The number of rotatable bonds is 7. The summed E-state index contributed by atoms with van der Waals surface area (Å²) in [6.45, 7) is 1.15. The molecular weight excluding hydrogens is 388 g/mol. The monoisotopic (exact) mass is 417 g/mol. The van der Waals surface area contributed by atoms with E-state index in [1.54, 1.807) is 0 Å². The molecule has 6 nitrogen and oxygen atoms in total. The molecule has 10 heteroatoms. The highest BCUT2D eigenvalue weighted by Crippen LogP contribution is 2.38. The Labute approximate surface area is 160 Å². The summed E-state index contributed by atoms with van der Waals surface area (Å²) >= 11 is 0. The summed E-state index contributed by atoms with van der Waals surface area (Å²) < 4.78 is 48.8. The molecule has 2 aliphatic rings. The highest BCUT2D eigenvalue weighted by Gasteiger charge is 2.35. The van der Waals surface area contributed by atoms with E-state index in [4.69, 9.17) is 5.73 Å². The number of amides is 1. The lowest BCUT2D eigenvalue weighted by Crippen LogP contribution is -2.44. The molecule has 0 aromatic carbocycles. The van der Waals surface area contributed by atoms with Gasteiger partial charge in [-0.2, -0.15) is 13.1 Å². The fraction of sp³-hybridized carbons (Fsp3) is 0.938.